The van der Waals surface area contributed by atoms with Crippen molar-refractivity contribution in [3.05, 3.63) is 106 Å². The largest absolute Gasteiger partial charge is 0.377 e. The van der Waals surface area contributed by atoms with E-state index in [1.54, 1.807) is 0 Å². The number of benzene rings is 2. The van der Waals surface area contributed by atoms with Crippen molar-refractivity contribution < 1.29 is 4.74 Å². The molecule has 0 fully saturated rings. The van der Waals surface area contributed by atoms with Gasteiger partial charge in [0, 0.05) is 36.0 Å². The van der Waals surface area contributed by atoms with Gasteiger partial charge < -0.3 is 9.64 Å². The Hall–Kier alpha value is -2.84. The van der Waals surface area contributed by atoms with Crippen molar-refractivity contribution in [2.75, 3.05) is 25.2 Å². The molecule has 2 aromatic rings. The molecule has 2 heteroatoms. The van der Waals surface area contributed by atoms with Crippen molar-refractivity contribution in [1.82, 2.24) is 0 Å². The number of hydrogen-bond acceptors (Lipinski definition) is 2. The van der Waals surface area contributed by atoms with Crippen molar-refractivity contribution in [2.24, 2.45) is 0 Å². The zero-order valence-electron chi connectivity index (χ0n) is 20.6. The highest BCUT2D eigenvalue weighted by atomic mass is 16.5. The topological polar surface area (TPSA) is 12.5 Å². The third kappa shape index (κ3) is 4.91. The van der Waals surface area contributed by atoms with Crippen molar-refractivity contribution in [1.29, 1.82) is 0 Å². The molecule has 0 unspecified atom stereocenters. The minimum Gasteiger partial charge on any atom is -0.377 e. The number of fused-ring (bicyclic) bond motifs is 1. The van der Waals surface area contributed by atoms with Crippen LogP contribution in [0.15, 0.2) is 95.2 Å². The summed E-state index contributed by atoms with van der Waals surface area (Å²) in [7, 11) is 2.21. The number of likely N-dealkylation sites (N-methyl/N-ethyl adjacent to an activating group) is 1. The lowest BCUT2D eigenvalue weighted by molar-refractivity contribution is 0.171. The minimum absolute atomic E-state index is 0.0881. The Kier molecular flexibility index (Phi) is 7.35. The van der Waals surface area contributed by atoms with Crippen molar-refractivity contribution in [3.8, 4) is 0 Å². The van der Waals surface area contributed by atoms with Crippen LogP contribution >= 0.6 is 0 Å². The molecule has 0 saturated heterocycles. The molecule has 2 nitrogen and oxygen atoms in total. The van der Waals surface area contributed by atoms with E-state index >= 15 is 0 Å². The Morgan fingerprint density at radius 2 is 1.79 bits per heavy atom. The quantitative estimate of drug-likeness (QED) is 0.407. The van der Waals surface area contributed by atoms with Crippen LogP contribution in [0.5, 0.6) is 0 Å². The number of anilines is 1. The van der Waals surface area contributed by atoms with E-state index in [0.29, 0.717) is 13.2 Å². The van der Waals surface area contributed by atoms with Crippen molar-refractivity contribution >= 4 is 11.8 Å². The highest BCUT2D eigenvalue weighted by Crippen LogP contribution is 2.49. The highest BCUT2D eigenvalue weighted by Gasteiger charge is 2.40. The van der Waals surface area contributed by atoms with E-state index < -0.39 is 0 Å². The van der Waals surface area contributed by atoms with E-state index in [1.807, 2.05) is 0 Å². The summed E-state index contributed by atoms with van der Waals surface area (Å²) in [5.41, 5.74) is 9.26. The van der Waals surface area contributed by atoms with Gasteiger partial charge in [0.1, 0.15) is 0 Å². The number of nitrogens with zero attached hydrogens (tertiary/aromatic N) is 1. The van der Waals surface area contributed by atoms with E-state index in [2.05, 4.69) is 112 Å². The lowest BCUT2D eigenvalue weighted by Gasteiger charge is -2.30. The third-order valence-electron chi connectivity index (χ3n) is 6.92. The van der Waals surface area contributed by atoms with E-state index in [9.17, 15) is 0 Å². The van der Waals surface area contributed by atoms with Crippen molar-refractivity contribution in [3.63, 3.8) is 0 Å². The lowest BCUT2D eigenvalue weighted by atomic mass is 9.79. The van der Waals surface area contributed by atoms with Gasteiger partial charge in [-0.1, -0.05) is 86.7 Å². The Morgan fingerprint density at radius 1 is 1.03 bits per heavy atom. The van der Waals surface area contributed by atoms with Crippen LogP contribution in [0.4, 0.5) is 5.69 Å². The summed E-state index contributed by atoms with van der Waals surface area (Å²) >= 11 is 0. The molecule has 0 radical (unpaired) electrons. The van der Waals surface area contributed by atoms with Gasteiger partial charge in [-0.05, 0) is 60.9 Å². The maximum atomic E-state index is 6.11. The van der Waals surface area contributed by atoms with Crippen LogP contribution in [-0.2, 0) is 10.2 Å². The average molecular weight is 440 g/mol. The summed E-state index contributed by atoms with van der Waals surface area (Å²) < 4.78 is 6.11. The molecule has 4 rings (SSSR count). The number of para-hydroxylation sites is 1. The molecule has 0 aromatic heterocycles. The maximum Gasteiger partial charge on any atom is 0.0740 e. The molecule has 2 aliphatic rings. The molecule has 0 atom stereocenters. The molecular weight excluding hydrogens is 402 g/mol. The normalized spacial score (nSPS) is 19.6. The lowest BCUT2D eigenvalue weighted by Crippen LogP contribution is -2.27. The van der Waals surface area contributed by atoms with E-state index in [-0.39, 0.29) is 5.41 Å². The fraction of sp³-hybridized carbons (Fsp3) is 0.355. The molecule has 1 heterocycles. The molecular formula is C31H37NO. The number of allylic oxidation sites excluding steroid dienone is 5. The molecule has 2 aromatic carbocycles. The highest BCUT2D eigenvalue weighted by molar-refractivity contribution is 5.73. The number of hydrogen-bond donors (Lipinski definition) is 0. The first-order valence-electron chi connectivity index (χ1n) is 12.3. The van der Waals surface area contributed by atoms with Gasteiger partial charge in [-0.2, -0.15) is 0 Å². The van der Waals surface area contributed by atoms with Crippen LogP contribution in [0, 0.1) is 0 Å². The summed E-state index contributed by atoms with van der Waals surface area (Å²) in [6.45, 7) is 8.11. The first-order valence-corrected chi connectivity index (χ1v) is 12.3. The molecule has 172 valence electrons. The van der Waals surface area contributed by atoms with Gasteiger partial charge in [-0.15, -0.1) is 0 Å². The standard InChI is InChI=1S/C31H37NO/c1-5-33-23-27(30-31(2,3)28-21-12-13-22-29(28)32(30)4)26(25-18-10-7-11-19-25)20-14-17-24-15-8-6-9-16-24/h6,8-9,12-18,20-22H,5,7,10-11,19,23H2,1-4H3/b17-14+,26-20+,30-27-. The third-order valence-corrected chi connectivity index (χ3v) is 6.92. The average Bonchev–Trinajstić information content (AvgIpc) is 3.05. The summed E-state index contributed by atoms with van der Waals surface area (Å²) in [6, 6.07) is 19.3. The molecule has 0 N–H and O–H groups in total. The molecule has 0 amide bonds. The summed E-state index contributed by atoms with van der Waals surface area (Å²) in [4.78, 5) is 2.39. The fourth-order valence-corrected chi connectivity index (χ4v) is 5.32. The SMILES string of the molecule is CCOCC(/C(=C/C=C/c1ccccc1)C1=CCCCC1)=C1/N(C)c2ccccc2C1(C)C. The second kappa shape index (κ2) is 10.4. The molecule has 0 saturated carbocycles. The second-order valence-electron chi connectivity index (χ2n) is 9.49. The van der Waals surface area contributed by atoms with Crippen LogP contribution in [-0.4, -0.2) is 20.3 Å². The Morgan fingerprint density at radius 3 is 2.48 bits per heavy atom. The smallest absolute Gasteiger partial charge is 0.0740 e. The van der Waals surface area contributed by atoms with Crippen LogP contribution in [0.1, 0.15) is 57.6 Å². The first kappa shape index (κ1) is 23.3. The van der Waals surface area contributed by atoms with Crippen molar-refractivity contribution in [2.45, 2.75) is 51.9 Å². The molecule has 0 spiro atoms. The molecule has 33 heavy (non-hydrogen) atoms. The summed E-state index contributed by atoms with van der Waals surface area (Å²) in [5.74, 6) is 0. The van der Waals surface area contributed by atoms with Gasteiger partial charge in [0.05, 0.1) is 6.61 Å². The molecule has 1 aliphatic carbocycles. The number of ether oxygens (including phenoxy) is 1. The Balaban J connectivity index is 1.86. The number of rotatable bonds is 7. The van der Waals surface area contributed by atoms with Crippen LogP contribution in [0.25, 0.3) is 6.08 Å². The zero-order chi connectivity index (χ0) is 23.3. The van der Waals surface area contributed by atoms with Gasteiger partial charge >= 0.3 is 0 Å². The van der Waals surface area contributed by atoms with Crippen LogP contribution < -0.4 is 4.90 Å². The van der Waals surface area contributed by atoms with Crippen LogP contribution in [0.2, 0.25) is 0 Å². The van der Waals surface area contributed by atoms with Gasteiger partial charge in [0.15, 0.2) is 0 Å². The van der Waals surface area contributed by atoms with Gasteiger partial charge in [0.2, 0.25) is 0 Å². The predicted molar refractivity (Wildman–Crippen MR) is 141 cm³/mol. The van der Waals surface area contributed by atoms with Crippen LogP contribution in [0.3, 0.4) is 0 Å². The first-order chi connectivity index (χ1) is 16.0. The predicted octanol–water partition coefficient (Wildman–Crippen LogP) is 7.84. The monoisotopic (exact) mass is 439 g/mol. The summed E-state index contributed by atoms with van der Waals surface area (Å²) in [6.07, 6.45) is 14.0. The second-order valence-corrected chi connectivity index (χ2v) is 9.49. The Labute approximate surface area is 200 Å². The van der Waals surface area contributed by atoms with Gasteiger partial charge in [-0.3, -0.25) is 0 Å². The zero-order valence-corrected chi connectivity index (χ0v) is 20.6. The Bertz CT molecular complexity index is 1080. The molecule has 0 bridgehead atoms. The summed E-state index contributed by atoms with van der Waals surface area (Å²) in [5, 5.41) is 0. The molecule has 1 aliphatic heterocycles. The fourth-order valence-electron chi connectivity index (χ4n) is 5.32. The van der Waals surface area contributed by atoms with E-state index in [0.717, 1.165) is 12.8 Å². The van der Waals surface area contributed by atoms with E-state index in [4.69, 9.17) is 4.74 Å². The maximum absolute atomic E-state index is 6.11. The van der Waals surface area contributed by atoms with Gasteiger partial charge in [-0.25, -0.2) is 0 Å². The van der Waals surface area contributed by atoms with E-state index in [1.165, 1.54) is 52.1 Å². The van der Waals surface area contributed by atoms with Gasteiger partial charge in [0.25, 0.3) is 0 Å². The minimum atomic E-state index is -0.0881.